The number of aliphatic hydroxyl groups excluding tert-OH is 1. The Morgan fingerprint density at radius 3 is 2.56 bits per heavy atom. The van der Waals surface area contributed by atoms with E-state index in [1.54, 1.807) is 18.3 Å². The van der Waals surface area contributed by atoms with Crippen LogP contribution >= 0.6 is 0 Å². The van der Waals surface area contributed by atoms with Crippen molar-refractivity contribution in [3.63, 3.8) is 0 Å². The van der Waals surface area contributed by atoms with Crippen LogP contribution in [0.1, 0.15) is 37.0 Å². The molecule has 2 aromatic heterocycles. The predicted molar refractivity (Wildman–Crippen MR) is 97.6 cm³/mol. The molecule has 1 aromatic carbocycles. The van der Waals surface area contributed by atoms with E-state index in [0.29, 0.717) is 30.2 Å². The van der Waals surface area contributed by atoms with E-state index in [0.717, 1.165) is 18.2 Å². The molecule has 4 rings (SSSR count). The van der Waals surface area contributed by atoms with Gasteiger partial charge in [-0.15, -0.1) is 0 Å². The van der Waals surface area contributed by atoms with Crippen molar-refractivity contribution < 1.29 is 13.9 Å². The molecule has 0 bridgehead atoms. The molecule has 1 aliphatic heterocycles. The summed E-state index contributed by atoms with van der Waals surface area (Å²) in [6.07, 6.45) is 1.60. The van der Waals surface area contributed by atoms with Gasteiger partial charge in [0.2, 0.25) is 0 Å². The number of hydrogen-bond donors (Lipinski definition) is 1. The Hall–Kier alpha value is -2.61. The van der Waals surface area contributed by atoms with Crippen molar-refractivity contribution >= 4 is 16.7 Å². The van der Waals surface area contributed by atoms with E-state index in [1.807, 2.05) is 34.8 Å². The fourth-order valence-electron chi connectivity index (χ4n) is 3.72. The van der Waals surface area contributed by atoms with E-state index in [2.05, 4.69) is 15.0 Å². The number of piperidine rings is 1. The summed E-state index contributed by atoms with van der Waals surface area (Å²) in [6.45, 7) is 1.27. The van der Waals surface area contributed by atoms with Crippen LogP contribution in [0.15, 0.2) is 36.7 Å². The minimum atomic E-state index is -2.71. The Morgan fingerprint density at radius 1 is 1.15 bits per heavy atom. The topological polar surface area (TPSA) is 67.1 Å². The highest BCUT2D eigenvalue weighted by Crippen LogP contribution is 2.34. The van der Waals surface area contributed by atoms with Gasteiger partial charge in [0.05, 0.1) is 5.52 Å². The van der Waals surface area contributed by atoms with Gasteiger partial charge in [-0.1, -0.05) is 12.1 Å². The van der Waals surface area contributed by atoms with Gasteiger partial charge in [0.25, 0.3) is 6.43 Å². The summed E-state index contributed by atoms with van der Waals surface area (Å²) >= 11 is 0. The number of para-hydroxylation sites is 1. The first kappa shape index (κ1) is 17.8. The van der Waals surface area contributed by atoms with Crippen LogP contribution in [0.5, 0.6) is 0 Å². The monoisotopic (exact) mass is 373 g/mol. The quantitative estimate of drug-likeness (QED) is 0.760. The Balaban J connectivity index is 1.57. The second-order valence-electron chi connectivity index (χ2n) is 6.89. The van der Waals surface area contributed by atoms with Gasteiger partial charge in [0, 0.05) is 37.9 Å². The standard InChI is InChI=1S/C19H21F2N5O/c1-25-11-8-22-19(25)15(27)12-6-9-26(10-7-12)18-13-4-2-3-5-14(13)23-17(24-18)16(20)21/h2-5,8,11-12,15-16,27H,6-7,9-10H2,1H3. The van der Waals surface area contributed by atoms with Crippen molar-refractivity contribution in [2.24, 2.45) is 13.0 Å². The van der Waals surface area contributed by atoms with Crippen molar-refractivity contribution in [3.8, 4) is 0 Å². The first-order valence-electron chi connectivity index (χ1n) is 8.99. The zero-order valence-corrected chi connectivity index (χ0v) is 15.0. The van der Waals surface area contributed by atoms with Gasteiger partial charge in [0.1, 0.15) is 17.7 Å². The minimum Gasteiger partial charge on any atom is -0.385 e. The van der Waals surface area contributed by atoms with Gasteiger partial charge in [-0.05, 0) is 30.9 Å². The van der Waals surface area contributed by atoms with Crippen LogP contribution in [0, 0.1) is 5.92 Å². The van der Waals surface area contributed by atoms with Crippen LogP contribution in [0.2, 0.25) is 0 Å². The highest BCUT2D eigenvalue weighted by molar-refractivity contribution is 5.89. The lowest BCUT2D eigenvalue weighted by molar-refractivity contribution is 0.0824. The molecule has 8 heteroatoms. The summed E-state index contributed by atoms with van der Waals surface area (Å²) in [5.41, 5.74) is 0.521. The van der Waals surface area contributed by atoms with E-state index < -0.39 is 18.4 Å². The molecule has 1 fully saturated rings. The molecule has 6 nitrogen and oxygen atoms in total. The molecular weight excluding hydrogens is 352 g/mol. The number of halogens is 2. The summed E-state index contributed by atoms with van der Waals surface area (Å²) in [6, 6.07) is 7.22. The summed E-state index contributed by atoms with van der Waals surface area (Å²) < 4.78 is 28.3. The van der Waals surface area contributed by atoms with E-state index >= 15 is 0 Å². The first-order chi connectivity index (χ1) is 13.0. The number of benzene rings is 1. The number of anilines is 1. The lowest BCUT2D eigenvalue weighted by Gasteiger charge is -2.35. The molecule has 0 saturated carbocycles. The maximum atomic E-state index is 13.2. The largest absolute Gasteiger partial charge is 0.385 e. The molecule has 0 amide bonds. The average Bonchev–Trinajstić information content (AvgIpc) is 3.12. The summed E-state index contributed by atoms with van der Waals surface area (Å²) in [5.74, 6) is 0.825. The fraction of sp³-hybridized carbons (Fsp3) is 0.421. The predicted octanol–water partition coefficient (Wildman–Crippen LogP) is 3.25. The Kier molecular flexibility index (Phi) is 4.73. The molecule has 27 heavy (non-hydrogen) atoms. The van der Waals surface area contributed by atoms with E-state index in [4.69, 9.17) is 0 Å². The number of aliphatic hydroxyl groups is 1. The number of hydrogen-bond acceptors (Lipinski definition) is 5. The maximum absolute atomic E-state index is 13.2. The SMILES string of the molecule is Cn1ccnc1C(O)C1CCN(c2nc(C(F)F)nc3ccccc23)CC1. The number of aromatic nitrogens is 4. The molecular formula is C19H21F2N5O. The molecule has 0 aliphatic carbocycles. The van der Waals surface area contributed by atoms with Gasteiger partial charge >= 0.3 is 0 Å². The van der Waals surface area contributed by atoms with E-state index in [1.165, 1.54) is 0 Å². The number of imidazole rings is 1. The normalized spacial score (nSPS) is 17.0. The van der Waals surface area contributed by atoms with Gasteiger partial charge in [0.15, 0.2) is 5.82 Å². The van der Waals surface area contributed by atoms with Crippen LogP contribution in [0.4, 0.5) is 14.6 Å². The van der Waals surface area contributed by atoms with Crippen LogP contribution in [-0.4, -0.2) is 37.7 Å². The summed E-state index contributed by atoms with van der Waals surface area (Å²) in [5, 5.41) is 11.4. The minimum absolute atomic E-state index is 0.0741. The highest BCUT2D eigenvalue weighted by atomic mass is 19.3. The molecule has 3 aromatic rings. The zero-order chi connectivity index (χ0) is 19.0. The molecule has 1 saturated heterocycles. The molecule has 1 aliphatic rings. The van der Waals surface area contributed by atoms with E-state index in [-0.39, 0.29) is 5.92 Å². The summed E-state index contributed by atoms with van der Waals surface area (Å²) in [7, 11) is 1.86. The van der Waals surface area contributed by atoms with E-state index in [9.17, 15) is 13.9 Å². The molecule has 0 spiro atoms. The zero-order valence-electron chi connectivity index (χ0n) is 15.0. The molecule has 1 unspecified atom stereocenters. The maximum Gasteiger partial charge on any atom is 0.297 e. The first-order valence-corrected chi connectivity index (χ1v) is 8.99. The van der Waals surface area contributed by atoms with Crippen molar-refractivity contribution in [1.29, 1.82) is 0 Å². The Bertz CT molecular complexity index is 937. The highest BCUT2D eigenvalue weighted by Gasteiger charge is 2.30. The van der Waals surface area contributed by atoms with Gasteiger partial charge in [-0.25, -0.2) is 23.7 Å². The molecule has 0 radical (unpaired) electrons. The lowest BCUT2D eigenvalue weighted by atomic mass is 9.90. The number of nitrogens with zero attached hydrogens (tertiary/aromatic N) is 5. The number of alkyl halides is 2. The third kappa shape index (κ3) is 3.37. The number of aryl methyl sites for hydroxylation is 1. The second-order valence-corrected chi connectivity index (χ2v) is 6.89. The summed E-state index contributed by atoms with van der Waals surface area (Å²) in [4.78, 5) is 14.4. The van der Waals surface area contributed by atoms with Crippen molar-refractivity contribution in [2.75, 3.05) is 18.0 Å². The third-order valence-electron chi connectivity index (χ3n) is 5.20. The van der Waals surface area contributed by atoms with Crippen LogP contribution < -0.4 is 4.90 Å². The van der Waals surface area contributed by atoms with Crippen molar-refractivity contribution in [1.82, 2.24) is 19.5 Å². The third-order valence-corrected chi connectivity index (χ3v) is 5.20. The lowest BCUT2D eigenvalue weighted by Crippen LogP contribution is -2.37. The van der Waals surface area contributed by atoms with Crippen LogP contribution in [-0.2, 0) is 7.05 Å². The van der Waals surface area contributed by atoms with Crippen LogP contribution in [0.3, 0.4) is 0 Å². The molecule has 1 N–H and O–H groups in total. The average molecular weight is 373 g/mol. The fourth-order valence-corrected chi connectivity index (χ4v) is 3.72. The van der Waals surface area contributed by atoms with Crippen molar-refractivity contribution in [2.45, 2.75) is 25.4 Å². The van der Waals surface area contributed by atoms with Crippen molar-refractivity contribution in [3.05, 3.63) is 48.3 Å². The molecule has 1 atom stereocenters. The Labute approximate surface area is 155 Å². The van der Waals surface area contributed by atoms with Gasteiger partial charge in [-0.3, -0.25) is 0 Å². The van der Waals surface area contributed by atoms with Gasteiger partial charge in [-0.2, -0.15) is 0 Å². The number of fused-ring (bicyclic) bond motifs is 1. The molecule has 3 heterocycles. The molecule has 142 valence electrons. The van der Waals surface area contributed by atoms with Crippen LogP contribution in [0.25, 0.3) is 10.9 Å². The Morgan fingerprint density at radius 2 is 1.89 bits per heavy atom. The van der Waals surface area contributed by atoms with Gasteiger partial charge < -0.3 is 14.6 Å². The smallest absolute Gasteiger partial charge is 0.297 e. The number of rotatable bonds is 4. The second kappa shape index (κ2) is 7.19.